The average Bonchev–Trinajstić information content (AvgIpc) is 2.78. The molecule has 0 aliphatic carbocycles. The van der Waals surface area contributed by atoms with Gasteiger partial charge in [-0.25, -0.2) is 4.98 Å². The monoisotopic (exact) mass is 238 g/mol. The Hall–Kier alpha value is -1.46. The predicted molar refractivity (Wildman–Crippen MR) is 60.0 cm³/mol. The first-order valence-corrected chi connectivity index (χ1v) is 5.24. The fraction of sp³-hybridized carbons (Fsp3) is 0.300. The third-order valence-corrected chi connectivity index (χ3v) is 2.41. The molecular weight excluding hydrogens is 228 g/mol. The normalized spacial score (nSPS) is 12.7. The van der Waals surface area contributed by atoms with Crippen molar-refractivity contribution in [3.8, 4) is 11.6 Å². The molecule has 0 saturated carbocycles. The molecule has 0 bridgehead atoms. The molecule has 84 valence electrons. The first kappa shape index (κ1) is 11.0. The Kier molecular flexibility index (Phi) is 3.17. The zero-order chi connectivity index (χ0) is 11.5. The number of hydrogen-bond acceptors (Lipinski definition) is 5. The van der Waals surface area contributed by atoms with E-state index in [-0.39, 0.29) is 5.92 Å². The minimum atomic E-state index is 0.0739. The van der Waals surface area contributed by atoms with Crippen LogP contribution in [0.15, 0.2) is 22.9 Å². The second-order valence-electron chi connectivity index (χ2n) is 3.46. The molecular formula is C10H11ClN4O. The van der Waals surface area contributed by atoms with Crippen LogP contribution in [0.3, 0.4) is 0 Å². The molecule has 0 amide bonds. The highest BCUT2D eigenvalue weighted by Gasteiger charge is 2.14. The number of rotatable bonds is 3. The molecule has 2 aromatic heterocycles. The van der Waals surface area contributed by atoms with Crippen LogP contribution in [0.4, 0.5) is 0 Å². The number of hydrogen-bond donors (Lipinski definition) is 1. The predicted octanol–water partition coefficient (Wildman–Crippen LogP) is 1.85. The fourth-order valence-corrected chi connectivity index (χ4v) is 1.26. The minimum Gasteiger partial charge on any atom is -0.332 e. The van der Waals surface area contributed by atoms with E-state index in [1.165, 1.54) is 6.20 Å². The number of halogens is 1. The van der Waals surface area contributed by atoms with Crippen molar-refractivity contribution >= 4 is 11.6 Å². The number of pyridine rings is 1. The van der Waals surface area contributed by atoms with Gasteiger partial charge >= 0.3 is 0 Å². The van der Waals surface area contributed by atoms with Crippen LogP contribution in [0.1, 0.15) is 18.7 Å². The molecule has 0 aromatic carbocycles. The van der Waals surface area contributed by atoms with E-state index in [9.17, 15) is 0 Å². The summed E-state index contributed by atoms with van der Waals surface area (Å²) in [6.07, 6.45) is 1.53. The van der Waals surface area contributed by atoms with E-state index < -0.39 is 0 Å². The van der Waals surface area contributed by atoms with Gasteiger partial charge in [-0.15, -0.1) is 0 Å². The van der Waals surface area contributed by atoms with Gasteiger partial charge in [-0.1, -0.05) is 23.7 Å². The largest absolute Gasteiger partial charge is 0.332 e. The van der Waals surface area contributed by atoms with Gasteiger partial charge < -0.3 is 10.3 Å². The molecule has 1 unspecified atom stereocenters. The summed E-state index contributed by atoms with van der Waals surface area (Å²) in [5.41, 5.74) is 6.12. The van der Waals surface area contributed by atoms with Crippen molar-refractivity contribution in [3.05, 3.63) is 29.2 Å². The molecule has 2 rings (SSSR count). The van der Waals surface area contributed by atoms with Crippen molar-refractivity contribution in [2.45, 2.75) is 12.8 Å². The summed E-state index contributed by atoms with van der Waals surface area (Å²) in [7, 11) is 0. The number of nitrogens with two attached hydrogens (primary N) is 1. The Morgan fingerprint density at radius 1 is 1.50 bits per heavy atom. The maximum Gasteiger partial charge on any atom is 0.276 e. The summed E-state index contributed by atoms with van der Waals surface area (Å²) in [4.78, 5) is 8.31. The zero-order valence-corrected chi connectivity index (χ0v) is 9.48. The van der Waals surface area contributed by atoms with E-state index in [1.807, 2.05) is 6.92 Å². The van der Waals surface area contributed by atoms with Crippen LogP contribution in [0.5, 0.6) is 0 Å². The molecule has 6 heteroatoms. The minimum absolute atomic E-state index is 0.0739. The lowest BCUT2D eigenvalue weighted by Crippen LogP contribution is -2.10. The lowest BCUT2D eigenvalue weighted by molar-refractivity contribution is 0.417. The quantitative estimate of drug-likeness (QED) is 0.883. The maximum atomic E-state index is 5.73. The first-order chi connectivity index (χ1) is 7.70. The number of aromatic nitrogens is 3. The molecule has 2 aromatic rings. The standard InChI is InChI=1S/C10H11ClN4O/c1-6(4-12)9-14-10(16-15-9)8-3-2-7(11)5-13-8/h2-3,5-6H,4,12H2,1H3. The number of nitrogens with zero attached hydrogens (tertiary/aromatic N) is 3. The van der Waals surface area contributed by atoms with Crippen molar-refractivity contribution in [1.82, 2.24) is 15.1 Å². The Labute approximate surface area is 97.6 Å². The Balaban J connectivity index is 2.28. The second kappa shape index (κ2) is 4.59. The van der Waals surface area contributed by atoms with Gasteiger partial charge in [0.15, 0.2) is 5.82 Å². The fourth-order valence-electron chi connectivity index (χ4n) is 1.15. The summed E-state index contributed by atoms with van der Waals surface area (Å²) in [5.74, 6) is 1.05. The van der Waals surface area contributed by atoms with Crippen LogP contribution in [0.25, 0.3) is 11.6 Å². The molecule has 0 spiro atoms. The molecule has 2 N–H and O–H groups in total. The van der Waals surface area contributed by atoms with Crippen molar-refractivity contribution in [1.29, 1.82) is 0 Å². The lowest BCUT2D eigenvalue weighted by atomic mass is 10.2. The molecule has 0 aliphatic rings. The van der Waals surface area contributed by atoms with Gasteiger partial charge in [-0.2, -0.15) is 4.98 Å². The van der Waals surface area contributed by atoms with Crippen LogP contribution in [-0.2, 0) is 0 Å². The van der Waals surface area contributed by atoms with Gasteiger partial charge in [0.1, 0.15) is 5.69 Å². The van der Waals surface area contributed by atoms with E-state index in [2.05, 4.69) is 15.1 Å². The van der Waals surface area contributed by atoms with E-state index in [0.717, 1.165) is 0 Å². The van der Waals surface area contributed by atoms with E-state index in [4.69, 9.17) is 21.9 Å². The molecule has 0 radical (unpaired) electrons. The molecule has 2 heterocycles. The van der Waals surface area contributed by atoms with Crippen molar-refractivity contribution in [2.75, 3.05) is 6.54 Å². The van der Waals surface area contributed by atoms with Gasteiger partial charge in [-0.3, -0.25) is 0 Å². The van der Waals surface area contributed by atoms with Crippen LogP contribution in [-0.4, -0.2) is 21.7 Å². The third-order valence-electron chi connectivity index (χ3n) is 2.18. The molecule has 1 atom stereocenters. The summed E-state index contributed by atoms with van der Waals surface area (Å²) < 4.78 is 5.09. The molecule has 0 aliphatic heterocycles. The topological polar surface area (TPSA) is 77.8 Å². The Bertz CT molecular complexity index is 468. The van der Waals surface area contributed by atoms with Crippen LogP contribution in [0, 0.1) is 0 Å². The summed E-state index contributed by atoms with van der Waals surface area (Å²) in [6.45, 7) is 2.41. The van der Waals surface area contributed by atoms with E-state index >= 15 is 0 Å². The SMILES string of the molecule is CC(CN)c1noc(-c2ccc(Cl)cn2)n1. The summed E-state index contributed by atoms with van der Waals surface area (Å²) in [6, 6.07) is 3.45. The van der Waals surface area contributed by atoms with Crippen molar-refractivity contribution in [2.24, 2.45) is 5.73 Å². The maximum absolute atomic E-state index is 5.73. The van der Waals surface area contributed by atoms with Gasteiger partial charge in [0.25, 0.3) is 5.89 Å². The Morgan fingerprint density at radius 2 is 2.31 bits per heavy atom. The van der Waals surface area contributed by atoms with Gasteiger partial charge in [-0.05, 0) is 12.1 Å². The van der Waals surface area contributed by atoms with Crippen LogP contribution < -0.4 is 5.73 Å². The van der Waals surface area contributed by atoms with Gasteiger partial charge in [0.2, 0.25) is 0 Å². The van der Waals surface area contributed by atoms with Crippen LogP contribution in [0.2, 0.25) is 5.02 Å². The summed E-state index contributed by atoms with van der Waals surface area (Å²) in [5, 5.41) is 4.42. The zero-order valence-electron chi connectivity index (χ0n) is 8.72. The lowest BCUT2D eigenvalue weighted by Gasteiger charge is -1.98. The third kappa shape index (κ3) is 2.20. The highest BCUT2D eigenvalue weighted by atomic mass is 35.5. The summed E-state index contributed by atoms with van der Waals surface area (Å²) >= 11 is 5.73. The van der Waals surface area contributed by atoms with Crippen molar-refractivity contribution in [3.63, 3.8) is 0 Å². The highest BCUT2D eigenvalue weighted by Crippen LogP contribution is 2.18. The average molecular weight is 239 g/mol. The molecule has 0 fully saturated rings. The highest BCUT2D eigenvalue weighted by molar-refractivity contribution is 6.30. The second-order valence-corrected chi connectivity index (χ2v) is 3.89. The smallest absolute Gasteiger partial charge is 0.276 e. The van der Waals surface area contributed by atoms with Gasteiger partial charge in [0, 0.05) is 18.7 Å². The van der Waals surface area contributed by atoms with E-state index in [1.54, 1.807) is 12.1 Å². The molecule has 0 saturated heterocycles. The molecule has 5 nitrogen and oxygen atoms in total. The van der Waals surface area contributed by atoms with E-state index in [0.29, 0.717) is 29.0 Å². The van der Waals surface area contributed by atoms with Gasteiger partial charge in [0.05, 0.1) is 5.02 Å². The first-order valence-electron chi connectivity index (χ1n) is 4.86. The molecule has 16 heavy (non-hydrogen) atoms. The van der Waals surface area contributed by atoms with Crippen molar-refractivity contribution < 1.29 is 4.52 Å². The van der Waals surface area contributed by atoms with Crippen LogP contribution >= 0.6 is 11.6 Å². The Morgan fingerprint density at radius 3 is 2.94 bits per heavy atom.